The van der Waals surface area contributed by atoms with Crippen molar-refractivity contribution in [3.05, 3.63) is 24.3 Å². The van der Waals surface area contributed by atoms with Crippen LogP contribution in [0.3, 0.4) is 0 Å². The van der Waals surface area contributed by atoms with Crippen LogP contribution in [0.4, 0.5) is 4.79 Å². The number of aromatic nitrogens is 6. The van der Waals surface area contributed by atoms with Crippen LogP contribution < -0.4 is 5.32 Å². The van der Waals surface area contributed by atoms with Gasteiger partial charge >= 0.3 is 6.03 Å². The molecule has 3 heterocycles. The summed E-state index contributed by atoms with van der Waals surface area (Å²) in [6, 6.07) is -0.237. The van der Waals surface area contributed by atoms with Crippen LogP contribution in [0.25, 0.3) is 0 Å². The normalized spacial score (nSPS) is 17.5. The first-order chi connectivity index (χ1) is 10.6. The number of urea groups is 1. The van der Waals surface area contributed by atoms with Gasteiger partial charge in [-0.05, 0) is 19.8 Å². The number of aryl methyl sites for hydroxylation is 1. The quantitative estimate of drug-likeness (QED) is 0.863. The van der Waals surface area contributed by atoms with E-state index >= 15 is 0 Å². The third-order valence-electron chi connectivity index (χ3n) is 4.08. The molecule has 22 heavy (non-hydrogen) atoms. The van der Waals surface area contributed by atoms with Gasteiger partial charge in [0.05, 0.1) is 6.04 Å². The van der Waals surface area contributed by atoms with Crippen molar-refractivity contribution in [1.82, 2.24) is 40.2 Å². The summed E-state index contributed by atoms with van der Waals surface area (Å²) >= 11 is 0. The van der Waals surface area contributed by atoms with Gasteiger partial charge in [0.15, 0.2) is 5.82 Å². The minimum atomic E-state index is -0.174. The molecule has 1 saturated heterocycles. The lowest BCUT2D eigenvalue weighted by molar-refractivity contribution is 0.177. The molecule has 1 unspecified atom stereocenters. The van der Waals surface area contributed by atoms with Crippen molar-refractivity contribution in [2.75, 3.05) is 13.1 Å². The van der Waals surface area contributed by atoms with Gasteiger partial charge in [0.2, 0.25) is 0 Å². The number of carbonyl (C=O) groups is 1. The van der Waals surface area contributed by atoms with E-state index in [1.165, 1.54) is 6.33 Å². The fourth-order valence-corrected chi connectivity index (χ4v) is 2.79. The Balaban J connectivity index is 1.53. The Bertz CT molecular complexity index is 614. The van der Waals surface area contributed by atoms with Crippen LogP contribution in [0, 0.1) is 0 Å². The molecule has 1 aliphatic heterocycles. The van der Waals surface area contributed by atoms with E-state index in [2.05, 4.69) is 30.7 Å². The highest BCUT2D eigenvalue weighted by molar-refractivity contribution is 5.74. The van der Waals surface area contributed by atoms with E-state index in [-0.39, 0.29) is 12.1 Å². The zero-order valence-corrected chi connectivity index (χ0v) is 12.7. The molecule has 0 saturated carbocycles. The predicted molar refractivity (Wildman–Crippen MR) is 77.9 cm³/mol. The number of amides is 2. The van der Waals surface area contributed by atoms with E-state index in [4.69, 9.17) is 0 Å². The lowest BCUT2D eigenvalue weighted by Crippen LogP contribution is -2.45. The lowest BCUT2D eigenvalue weighted by atomic mass is 9.96. The van der Waals surface area contributed by atoms with E-state index in [0.717, 1.165) is 24.5 Å². The summed E-state index contributed by atoms with van der Waals surface area (Å²) in [7, 11) is 1.86. The molecule has 2 aromatic heterocycles. The van der Waals surface area contributed by atoms with Gasteiger partial charge in [-0.1, -0.05) is 0 Å². The number of aromatic amines is 1. The minimum absolute atomic E-state index is 0.0634. The van der Waals surface area contributed by atoms with Crippen molar-refractivity contribution in [2.45, 2.75) is 31.7 Å². The highest BCUT2D eigenvalue weighted by Crippen LogP contribution is 2.25. The molecule has 9 nitrogen and oxygen atoms in total. The molecule has 0 radical (unpaired) electrons. The Morgan fingerprint density at radius 1 is 1.45 bits per heavy atom. The fraction of sp³-hybridized carbons (Fsp3) is 0.615. The third-order valence-corrected chi connectivity index (χ3v) is 4.08. The van der Waals surface area contributed by atoms with Gasteiger partial charge in [-0.25, -0.2) is 9.78 Å². The zero-order valence-electron chi connectivity index (χ0n) is 12.7. The highest BCUT2D eigenvalue weighted by Gasteiger charge is 2.26. The summed E-state index contributed by atoms with van der Waals surface area (Å²) in [4.78, 5) is 18.4. The Morgan fingerprint density at radius 3 is 2.82 bits per heavy atom. The molecule has 1 atom stereocenters. The standard InChI is InChI=1S/C13H20N8O/c1-9(12-19-16-8-20(12)2)17-13(22)21-5-3-10(4-6-21)11-14-7-15-18-11/h7-10H,3-6H2,1-2H3,(H,17,22)(H,14,15,18). The summed E-state index contributed by atoms with van der Waals surface area (Å²) in [5.74, 6) is 2.00. The molecule has 2 amide bonds. The number of nitrogens with one attached hydrogen (secondary N) is 2. The van der Waals surface area contributed by atoms with Gasteiger partial charge in [0.25, 0.3) is 0 Å². The maximum Gasteiger partial charge on any atom is 0.317 e. The molecule has 1 aliphatic rings. The van der Waals surface area contributed by atoms with Gasteiger partial charge in [0, 0.05) is 26.1 Å². The predicted octanol–water partition coefficient (Wildman–Crippen LogP) is 0.583. The maximum absolute atomic E-state index is 12.3. The Morgan fingerprint density at radius 2 is 2.23 bits per heavy atom. The van der Waals surface area contributed by atoms with E-state index < -0.39 is 0 Å². The second kappa shape index (κ2) is 6.12. The molecule has 2 aromatic rings. The Labute approximate surface area is 128 Å². The average Bonchev–Trinajstić information content (AvgIpc) is 3.18. The Kier molecular flexibility index (Phi) is 4.03. The molecular weight excluding hydrogens is 284 g/mol. The lowest BCUT2D eigenvalue weighted by Gasteiger charge is -2.31. The number of hydrogen-bond acceptors (Lipinski definition) is 5. The number of rotatable bonds is 3. The van der Waals surface area contributed by atoms with Crippen LogP contribution in [-0.4, -0.2) is 54.0 Å². The van der Waals surface area contributed by atoms with Gasteiger partial charge in [0.1, 0.15) is 18.5 Å². The van der Waals surface area contributed by atoms with E-state index in [0.29, 0.717) is 19.0 Å². The molecule has 2 N–H and O–H groups in total. The number of carbonyl (C=O) groups excluding carboxylic acids is 1. The second-order valence-corrected chi connectivity index (χ2v) is 5.60. The van der Waals surface area contributed by atoms with E-state index in [1.54, 1.807) is 10.9 Å². The van der Waals surface area contributed by atoms with Crippen molar-refractivity contribution in [3.8, 4) is 0 Å². The van der Waals surface area contributed by atoms with E-state index in [1.807, 2.05) is 18.9 Å². The summed E-state index contributed by atoms with van der Waals surface area (Å²) in [6.07, 6.45) is 4.93. The number of nitrogens with zero attached hydrogens (tertiary/aromatic N) is 6. The maximum atomic E-state index is 12.3. The number of piperidine rings is 1. The average molecular weight is 304 g/mol. The molecule has 3 rings (SSSR count). The molecular formula is C13H20N8O. The first kappa shape index (κ1) is 14.5. The van der Waals surface area contributed by atoms with Crippen LogP contribution in [0.15, 0.2) is 12.7 Å². The highest BCUT2D eigenvalue weighted by atomic mass is 16.2. The second-order valence-electron chi connectivity index (χ2n) is 5.60. The zero-order chi connectivity index (χ0) is 15.5. The largest absolute Gasteiger partial charge is 0.328 e. The smallest absolute Gasteiger partial charge is 0.317 e. The number of H-pyrrole nitrogens is 1. The molecule has 118 valence electrons. The van der Waals surface area contributed by atoms with Crippen LogP contribution in [-0.2, 0) is 7.05 Å². The topological polar surface area (TPSA) is 105 Å². The molecule has 0 bridgehead atoms. The summed E-state index contributed by atoms with van der Waals surface area (Å²) in [6.45, 7) is 3.33. The summed E-state index contributed by atoms with van der Waals surface area (Å²) in [5, 5.41) is 17.6. The minimum Gasteiger partial charge on any atom is -0.328 e. The summed E-state index contributed by atoms with van der Waals surface area (Å²) in [5.41, 5.74) is 0. The SMILES string of the molecule is CC(NC(=O)N1CCC(c2ncn[nH]2)CC1)c1nncn1C. The first-order valence-electron chi connectivity index (χ1n) is 7.39. The van der Waals surface area contributed by atoms with Crippen LogP contribution in [0.2, 0.25) is 0 Å². The third kappa shape index (κ3) is 2.92. The van der Waals surface area contributed by atoms with Crippen molar-refractivity contribution in [2.24, 2.45) is 7.05 Å². The van der Waals surface area contributed by atoms with Crippen molar-refractivity contribution >= 4 is 6.03 Å². The van der Waals surface area contributed by atoms with Gasteiger partial charge in [-0.15, -0.1) is 10.2 Å². The van der Waals surface area contributed by atoms with Crippen LogP contribution in [0.1, 0.15) is 43.4 Å². The number of hydrogen-bond donors (Lipinski definition) is 2. The number of likely N-dealkylation sites (tertiary alicyclic amines) is 1. The Hall–Kier alpha value is -2.45. The van der Waals surface area contributed by atoms with Crippen molar-refractivity contribution in [1.29, 1.82) is 0 Å². The van der Waals surface area contributed by atoms with Crippen molar-refractivity contribution in [3.63, 3.8) is 0 Å². The van der Waals surface area contributed by atoms with Crippen LogP contribution in [0.5, 0.6) is 0 Å². The fourth-order valence-electron chi connectivity index (χ4n) is 2.79. The molecule has 0 aromatic carbocycles. The van der Waals surface area contributed by atoms with Gasteiger partial charge in [-0.2, -0.15) is 5.10 Å². The molecule has 1 fully saturated rings. The summed E-state index contributed by atoms with van der Waals surface area (Å²) < 4.78 is 1.81. The van der Waals surface area contributed by atoms with E-state index in [9.17, 15) is 4.79 Å². The van der Waals surface area contributed by atoms with Crippen molar-refractivity contribution < 1.29 is 4.79 Å². The molecule has 9 heteroatoms. The van der Waals surface area contributed by atoms with Gasteiger partial charge < -0.3 is 14.8 Å². The van der Waals surface area contributed by atoms with Gasteiger partial charge in [-0.3, -0.25) is 5.10 Å². The first-order valence-corrected chi connectivity index (χ1v) is 7.39. The molecule has 0 aliphatic carbocycles. The molecule has 0 spiro atoms. The monoisotopic (exact) mass is 304 g/mol. The van der Waals surface area contributed by atoms with Crippen LogP contribution >= 0.6 is 0 Å².